The van der Waals surface area contributed by atoms with Crippen molar-refractivity contribution in [2.45, 2.75) is 0 Å². The molecular weight excluding hydrogens is 174 g/mol. The van der Waals surface area contributed by atoms with E-state index in [0.29, 0.717) is 5.70 Å². The predicted molar refractivity (Wildman–Crippen MR) is 45.1 cm³/mol. The molecule has 72 valence electrons. The number of rotatable bonds is 1. The molecule has 1 heterocycles. The standard InChI is InChI=1S/C7H10N3O3/c1-8-4-3-6(5-10(12)13)9(2)7(8)11/h3-5,12H,1-2H3/q-1/b6-5-. The second kappa shape index (κ2) is 3.46. The third-order valence-corrected chi connectivity index (χ3v) is 1.69. The van der Waals surface area contributed by atoms with Crippen molar-refractivity contribution in [3.8, 4) is 0 Å². The van der Waals surface area contributed by atoms with Crippen LogP contribution in [0.1, 0.15) is 0 Å². The third kappa shape index (κ3) is 1.98. The molecule has 0 bridgehead atoms. The summed E-state index contributed by atoms with van der Waals surface area (Å²) in [6.07, 6.45) is 3.96. The molecule has 0 spiro atoms. The maximum Gasteiger partial charge on any atom is 0.328 e. The molecule has 0 aliphatic carbocycles. The van der Waals surface area contributed by atoms with Crippen LogP contribution in [0, 0.1) is 5.21 Å². The number of carbonyl (C=O) groups is 1. The maximum atomic E-state index is 11.3. The van der Waals surface area contributed by atoms with Crippen LogP contribution < -0.4 is 0 Å². The molecule has 0 saturated carbocycles. The highest BCUT2D eigenvalue weighted by Gasteiger charge is 2.18. The summed E-state index contributed by atoms with van der Waals surface area (Å²) in [4.78, 5) is 13.9. The quantitative estimate of drug-likeness (QED) is 0.603. The normalized spacial score (nSPS) is 20.0. The first kappa shape index (κ1) is 9.56. The van der Waals surface area contributed by atoms with E-state index in [1.54, 1.807) is 13.1 Å². The van der Waals surface area contributed by atoms with E-state index >= 15 is 0 Å². The molecule has 0 aromatic carbocycles. The van der Waals surface area contributed by atoms with E-state index in [9.17, 15) is 10.0 Å². The summed E-state index contributed by atoms with van der Waals surface area (Å²) in [5, 5.41) is 18.3. The van der Waals surface area contributed by atoms with E-state index in [0.717, 1.165) is 6.20 Å². The van der Waals surface area contributed by atoms with Gasteiger partial charge in [0, 0.05) is 26.5 Å². The van der Waals surface area contributed by atoms with E-state index in [-0.39, 0.29) is 11.3 Å². The van der Waals surface area contributed by atoms with Crippen molar-refractivity contribution >= 4 is 6.03 Å². The molecular formula is C7H10N3O3-. The molecule has 13 heavy (non-hydrogen) atoms. The maximum absolute atomic E-state index is 11.3. The number of urea groups is 1. The van der Waals surface area contributed by atoms with Crippen molar-refractivity contribution in [1.82, 2.24) is 15.0 Å². The number of carbonyl (C=O) groups excluding carboxylic acids is 1. The van der Waals surface area contributed by atoms with Crippen molar-refractivity contribution in [1.29, 1.82) is 0 Å². The summed E-state index contributed by atoms with van der Waals surface area (Å²) in [5.41, 5.74) is 0.334. The Morgan fingerprint density at radius 2 is 2.23 bits per heavy atom. The molecule has 0 aromatic rings. The first-order valence-electron chi connectivity index (χ1n) is 3.58. The molecule has 1 aliphatic rings. The van der Waals surface area contributed by atoms with Crippen LogP contribution in [0.15, 0.2) is 24.2 Å². The lowest BCUT2D eigenvalue weighted by Gasteiger charge is -2.29. The smallest absolute Gasteiger partial charge is 0.328 e. The van der Waals surface area contributed by atoms with Crippen LogP contribution >= 0.6 is 0 Å². The molecule has 0 saturated heterocycles. The van der Waals surface area contributed by atoms with Crippen molar-refractivity contribution in [2.24, 2.45) is 0 Å². The Kier molecular flexibility index (Phi) is 2.54. The fourth-order valence-corrected chi connectivity index (χ4v) is 0.954. The van der Waals surface area contributed by atoms with Gasteiger partial charge >= 0.3 is 6.03 Å². The highest BCUT2D eigenvalue weighted by molar-refractivity contribution is 5.78. The Labute approximate surface area is 75.5 Å². The van der Waals surface area contributed by atoms with Crippen molar-refractivity contribution in [3.05, 3.63) is 29.4 Å². The minimum absolute atomic E-state index is 0.268. The lowest BCUT2D eigenvalue weighted by atomic mass is 10.3. The summed E-state index contributed by atoms with van der Waals surface area (Å²) in [6.45, 7) is 0. The average Bonchev–Trinajstić information content (AvgIpc) is 2.06. The van der Waals surface area contributed by atoms with Crippen LogP contribution in [0.25, 0.3) is 0 Å². The molecule has 1 aliphatic heterocycles. The summed E-state index contributed by atoms with van der Waals surface area (Å²) in [7, 11) is 3.11. The molecule has 1 N–H and O–H groups in total. The van der Waals surface area contributed by atoms with E-state index < -0.39 is 0 Å². The highest BCUT2D eigenvalue weighted by Crippen LogP contribution is 2.13. The van der Waals surface area contributed by atoms with Gasteiger partial charge in [-0.15, -0.1) is 0 Å². The fraction of sp³-hybridized carbons (Fsp3) is 0.286. The lowest BCUT2D eigenvalue weighted by molar-refractivity contribution is 0.00979. The average molecular weight is 184 g/mol. The molecule has 0 unspecified atom stereocenters. The number of amides is 2. The molecule has 0 aromatic heterocycles. The Morgan fingerprint density at radius 1 is 1.62 bits per heavy atom. The second-order valence-corrected chi connectivity index (χ2v) is 2.62. The molecule has 1 rings (SSSR count). The summed E-state index contributed by atoms with van der Waals surface area (Å²) in [6, 6.07) is -0.268. The van der Waals surface area contributed by atoms with Gasteiger partial charge in [0.15, 0.2) is 0 Å². The van der Waals surface area contributed by atoms with E-state index in [4.69, 9.17) is 5.21 Å². The zero-order valence-corrected chi connectivity index (χ0v) is 7.34. The van der Waals surface area contributed by atoms with Crippen LogP contribution in [-0.4, -0.2) is 40.4 Å². The van der Waals surface area contributed by atoms with Crippen LogP contribution in [0.5, 0.6) is 0 Å². The van der Waals surface area contributed by atoms with Gasteiger partial charge in [0.25, 0.3) is 0 Å². The van der Waals surface area contributed by atoms with Crippen LogP contribution in [0.2, 0.25) is 0 Å². The van der Waals surface area contributed by atoms with Gasteiger partial charge in [0.1, 0.15) is 0 Å². The van der Waals surface area contributed by atoms with Gasteiger partial charge in [-0.3, -0.25) is 10.1 Å². The monoisotopic (exact) mass is 184 g/mol. The summed E-state index contributed by atoms with van der Waals surface area (Å²) in [5.74, 6) is 0. The SMILES string of the molecule is CN1C=C/C(=C/N([O-])O)N(C)C1=O. The largest absolute Gasteiger partial charge is 0.734 e. The lowest BCUT2D eigenvalue weighted by Crippen LogP contribution is -2.38. The second-order valence-electron chi connectivity index (χ2n) is 2.62. The first-order chi connectivity index (χ1) is 6.02. The minimum atomic E-state index is -0.339. The molecule has 0 atom stereocenters. The number of likely N-dealkylation sites (N-methyl/N-ethyl adjacent to an activating group) is 1. The number of hydrogen-bond acceptors (Lipinski definition) is 4. The van der Waals surface area contributed by atoms with Gasteiger partial charge in [-0.25, -0.2) is 4.79 Å². The highest BCUT2D eigenvalue weighted by atomic mass is 16.8. The molecule has 0 radical (unpaired) electrons. The van der Waals surface area contributed by atoms with E-state index in [2.05, 4.69) is 0 Å². The zero-order chi connectivity index (χ0) is 10.0. The molecule has 2 amide bonds. The Hall–Kier alpha value is -1.53. The third-order valence-electron chi connectivity index (χ3n) is 1.69. The van der Waals surface area contributed by atoms with Gasteiger partial charge < -0.3 is 15.3 Å². The van der Waals surface area contributed by atoms with Crippen LogP contribution in [-0.2, 0) is 0 Å². The van der Waals surface area contributed by atoms with Gasteiger partial charge in [-0.1, -0.05) is 0 Å². The first-order valence-corrected chi connectivity index (χ1v) is 3.58. The molecule has 6 heteroatoms. The van der Waals surface area contributed by atoms with E-state index in [1.807, 2.05) is 0 Å². The topological polar surface area (TPSA) is 70.1 Å². The Morgan fingerprint density at radius 3 is 2.77 bits per heavy atom. The van der Waals surface area contributed by atoms with Gasteiger partial charge in [0.05, 0.1) is 5.70 Å². The summed E-state index contributed by atoms with van der Waals surface area (Å²) < 4.78 is 0. The Bertz CT molecular complexity index is 272. The van der Waals surface area contributed by atoms with Gasteiger partial charge in [-0.2, -0.15) is 0 Å². The molecule has 6 nitrogen and oxygen atoms in total. The fourth-order valence-electron chi connectivity index (χ4n) is 0.954. The minimum Gasteiger partial charge on any atom is -0.734 e. The predicted octanol–water partition coefficient (Wildman–Crippen LogP) is 0.528. The molecule has 0 fully saturated rings. The number of nitrogens with zero attached hydrogens (tertiary/aromatic N) is 3. The van der Waals surface area contributed by atoms with Crippen molar-refractivity contribution in [3.63, 3.8) is 0 Å². The Balaban J connectivity index is 2.91. The summed E-state index contributed by atoms with van der Waals surface area (Å²) >= 11 is 0. The van der Waals surface area contributed by atoms with Gasteiger partial charge in [-0.05, 0) is 6.08 Å². The van der Waals surface area contributed by atoms with Crippen molar-refractivity contribution < 1.29 is 10.0 Å². The van der Waals surface area contributed by atoms with Crippen LogP contribution in [0.4, 0.5) is 4.79 Å². The van der Waals surface area contributed by atoms with E-state index in [1.165, 1.54) is 23.0 Å². The zero-order valence-electron chi connectivity index (χ0n) is 7.34. The van der Waals surface area contributed by atoms with Crippen LogP contribution in [0.3, 0.4) is 0 Å². The number of hydrogen-bond donors (Lipinski definition) is 1. The number of allylic oxidation sites excluding steroid dienone is 1. The van der Waals surface area contributed by atoms with Crippen molar-refractivity contribution in [2.75, 3.05) is 14.1 Å². The van der Waals surface area contributed by atoms with Gasteiger partial charge in [0.2, 0.25) is 0 Å². The number of hydroxylamine groups is 2.